The van der Waals surface area contributed by atoms with Gasteiger partial charge in [-0.2, -0.15) is 0 Å². The second-order valence-electron chi connectivity index (χ2n) is 8.22. The lowest BCUT2D eigenvalue weighted by Crippen LogP contribution is -2.40. The second-order valence-corrected chi connectivity index (χ2v) is 8.22. The molecule has 1 aliphatic heterocycles. The Labute approximate surface area is 186 Å². The zero-order valence-electron chi connectivity index (χ0n) is 18.5. The topological polar surface area (TPSA) is 86.4 Å². The summed E-state index contributed by atoms with van der Waals surface area (Å²) < 4.78 is 7.74. The molecular weight excluding hydrogens is 408 g/mol. The summed E-state index contributed by atoms with van der Waals surface area (Å²) in [4.78, 5) is 44.5. The Kier molecular flexibility index (Phi) is 6.50. The molecular formula is C24H28N4O4. The molecule has 3 heterocycles. The fourth-order valence-corrected chi connectivity index (χ4v) is 4.29. The van der Waals surface area contributed by atoms with Gasteiger partial charge in [-0.1, -0.05) is 30.3 Å². The normalized spacial score (nSPS) is 14.8. The van der Waals surface area contributed by atoms with Gasteiger partial charge in [0.25, 0.3) is 5.56 Å². The van der Waals surface area contributed by atoms with Gasteiger partial charge in [-0.25, -0.2) is 9.78 Å². The number of benzene rings is 1. The highest BCUT2D eigenvalue weighted by Crippen LogP contribution is 2.28. The van der Waals surface area contributed by atoms with E-state index >= 15 is 0 Å². The van der Waals surface area contributed by atoms with Gasteiger partial charge in [-0.05, 0) is 30.5 Å². The van der Waals surface area contributed by atoms with Gasteiger partial charge in [-0.3, -0.25) is 18.7 Å². The van der Waals surface area contributed by atoms with Gasteiger partial charge in [0, 0.05) is 38.9 Å². The van der Waals surface area contributed by atoms with Gasteiger partial charge in [0.05, 0.1) is 25.0 Å². The molecule has 8 nitrogen and oxygen atoms in total. The van der Waals surface area contributed by atoms with E-state index in [4.69, 9.17) is 9.72 Å². The molecule has 0 saturated carbocycles. The highest BCUT2D eigenvalue weighted by atomic mass is 16.5. The molecule has 0 unspecified atom stereocenters. The Balaban J connectivity index is 1.53. The number of piperidine rings is 1. The number of carbonyl (C=O) groups excluding carboxylic acids is 1. The average Bonchev–Trinajstić information content (AvgIpc) is 2.83. The summed E-state index contributed by atoms with van der Waals surface area (Å²) >= 11 is 0. The fourth-order valence-electron chi connectivity index (χ4n) is 4.29. The molecule has 1 fully saturated rings. The molecule has 0 radical (unpaired) electrons. The Morgan fingerprint density at radius 2 is 1.81 bits per heavy atom. The zero-order chi connectivity index (χ0) is 22.7. The summed E-state index contributed by atoms with van der Waals surface area (Å²) in [5.41, 5.74) is 1.53. The summed E-state index contributed by atoms with van der Waals surface area (Å²) in [6.45, 7) is 2.01. The second kappa shape index (κ2) is 9.48. The quantitative estimate of drug-likeness (QED) is 0.587. The van der Waals surface area contributed by atoms with Gasteiger partial charge in [0.15, 0.2) is 0 Å². The van der Waals surface area contributed by atoms with Crippen LogP contribution in [0.2, 0.25) is 0 Å². The van der Waals surface area contributed by atoms with Crippen molar-refractivity contribution in [1.82, 2.24) is 19.0 Å². The number of methoxy groups -OCH3 is 1. The van der Waals surface area contributed by atoms with E-state index in [1.165, 1.54) is 11.6 Å². The van der Waals surface area contributed by atoms with E-state index in [1.54, 1.807) is 13.2 Å². The van der Waals surface area contributed by atoms with Crippen molar-refractivity contribution in [3.8, 4) is 0 Å². The standard InChI is InChI=1S/C24H28N4O4/c1-26-23(30)19-8-9-20(25-22(19)28(24(26)31)14-15-32-2)18-10-12-27(13-11-18)21(29)16-17-6-4-3-5-7-17/h3-9,18H,10-16H2,1-2H3. The number of hydrogen-bond donors (Lipinski definition) is 0. The smallest absolute Gasteiger partial charge is 0.332 e. The van der Waals surface area contributed by atoms with E-state index in [0.29, 0.717) is 43.7 Å². The number of nitrogens with zero attached hydrogens (tertiary/aromatic N) is 4. The monoisotopic (exact) mass is 436 g/mol. The maximum absolute atomic E-state index is 12.7. The third kappa shape index (κ3) is 4.36. The van der Waals surface area contributed by atoms with Gasteiger partial charge in [-0.15, -0.1) is 0 Å². The first-order chi connectivity index (χ1) is 15.5. The number of carbonyl (C=O) groups is 1. The molecule has 0 spiro atoms. The third-order valence-corrected chi connectivity index (χ3v) is 6.19. The highest BCUT2D eigenvalue weighted by Gasteiger charge is 2.25. The Morgan fingerprint density at radius 1 is 1.09 bits per heavy atom. The van der Waals surface area contributed by atoms with Crippen LogP contribution in [-0.2, 0) is 29.5 Å². The van der Waals surface area contributed by atoms with Crippen molar-refractivity contribution in [3.05, 3.63) is 74.6 Å². The number of ether oxygens (including phenoxy) is 1. The van der Waals surface area contributed by atoms with Crippen molar-refractivity contribution in [2.75, 3.05) is 26.8 Å². The van der Waals surface area contributed by atoms with Crippen LogP contribution in [0, 0.1) is 0 Å². The Hall–Kier alpha value is -3.26. The predicted octanol–water partition coefficient (Wildman–Crippen LogP) is 1.69. The molecule has 168 valence electrons. The van der Waals surface area contributed by atoms with Crippen molar-refractivity contribution in [3.63, 3.8) is 0 Å². The van der Waals surface area contributed by atoms with Crippen LogP contribution in [0.4, 0.5) is 0 Å². The lowest BCUT2D eigenvalue weighted by molar-refractivity contribution is -0.131. The van der Waals surface area contributed by atoms with Gasteiger partial charge in [0.2, 0.25) is 5.91 Å². The predicted molar refractivity (Wildman–Crippen MR) is 122 cm³/mol. The number of fused-ring (bicyclic) bond motifs is 1. The number of amides is 1. The first-order valence-corrected chi connectivity index (χ1v) is 10.9. The van der Waals surface area contributed by atoms with Crippen LogP contribution in [0.5, 0.6) is 0 Å². The van der Waals surface area contributed by atoms with Crippen LogP contribution in [0.1, 0.15) is 30.0 Å². The van der Waals surface area contributed by atoms with Crippen molar-refractivity contribution < 1.29 is 9.53 Å². The average molecular weight is 437 g/mol. The molecule has 3 aromatic rings. The van der Waals surface area contributed by atoms with Crippen molar-refractivity contribution in [2.24, 2.45) is 7.05 Å². The molecule has 32 heavy (non-hydrogen) atoms. The van der Waals surface area contributed by atoms with E-state index < -0.39 is 5.69 Å². The summed E-state index contributed by atoms with van der Waals surface area (Å²) in [6.07, 6.45) is 2.01. The summed E-state index contributed by atoms with van der Waals surface area (Å²) in [5, 5.41) is 0.419. The lowest BCUT2D eigenvalue weighted by Gasteiger charge is -2.32. The molecule has 0 aliphatic carbocycles. The molecule has 4 rings (SSSR count). The Morgan fingerprint density at radius 3 is 2.50 bits per heavy atom. The third-order valence-electron chi connectivity index (χ3n) is 6.19. The molecule has 1 aliphatic rings. The minimum absolute atomic E-state index is 0.137. The van der Waals surface area contributed by atoms with Crippen LogP contribution < -0.4 is 11.2 Å². The number of rotatable bonds is 6. The van der Waals surface area contributed by atoms with Crippen molar-refractivity contribution in [1.29, 1.82) is 0 Å². The molecule has 1 saturated heterocycles. The molecule has 1 amide bonds. The largest absolute Gasteiger partial charge is 0.383 e. The SMILES string of the molecule is COCCn1c(=O)n(C)c(=O)c2ccc(C3CCN(C(=O)Cc4ccccc4)CC3)nc21. The van der Waals surface area contributed by atoms with E-state index in [-0.39, 0.29) is 17.4 Å². The van der Waals surface area contributed by atoms with Crippen LogP contribution in [0.15, 0.2) is 52.1 Å². The molecule has 8 heteroatoms. The summed E-state index contributed by atoms with van der Waals surface area (Å²) in [7, 11) is 3.05. The Bertz CT molecular complexity index is 1220. The molecule has 1 aromatic carbocycles. The maximum atomic E-state index is 12.7. The van der Waals surface area contributed by atoms with E-state index in [0.717, 1.165) is 28.7 Å². The number of pyridine rings is 1. The van der Waals surface area contributed by atoms with Crippen LogP contribution in [0.25, 0.3) is 11.0 Å². The van der Waals surface area contributed by atoms with E-state index in [1.807, 2.05) is 41.3 Å². The van der Waals surface area contributed by atoms with Gasteiger partial charge >= 0.3 is 5.69 Å². The first kappa shape index (κ1) is 22.0. The summed E-state index contributed by atoms with van der Waals surface area (Å²) in [6, 6.07) is 13.4. The van der Waals surface area contributed by atoms with Crippen LogP contribution in [-0.4, -0.2) is 51.7 Å². The van der Waals surface area contributed by atoms with Crippen LogP contribution >= 0.6 is 0 Å². The minimum atomic E-state index is -0.398. The number of aromatic nitrogens is 3. The molecule has 2 aromatic heterocycles. The first-order valence-electron chi connectivity index (χ1n) is 10.9. The maximum Gasteiger partial charge on any atom is 0.332 e. The molecule has 0 bridgehead atoms. The number of hydrogen-bond acceptors (Lipinski definition) is 5. The lowest BCUT2D eigenvalue weighted by atomic mass is 9.92. The van der Waals surface area contributed by atoms with E-state index in [2.05, 4.69) is 0 Å². The summed E-state index contributed by atoms with van der Waals surface area (Å²) in [5.74, 6) is 0.313. The minimum Gasteiger partial charge on any atom is -0.383 e. The number of likely N-dealkylation sites (tertiary alicyclic amines) is 1. The van der Waals surface area contributed by atoms with Crippen molar-refractivity contribution in [2.45, 2.75) is 31.7 Å². The highest BCUT2D eigenvalue weighted by molar-refractivity contribution is 5.79. The van der Waals surface area contributed by atoms with Crippen molar-refractivity contribution >= 4 is 16.9 Å². The van der Waals surface area contributed by atoms with Gasteiger partial charge in [0.1, 0.15) is 5.65 Å². The molecule has 0 N–H and O–H groups in total. The van der Waals surface area contributed by atoms with Crippen LogP contribution in [0.3, 0.4) is 0 Å². The molecule has 0 atom stereocenters. The van der Waals surface area contributed by atoms with E-state index in [9.17, 15) is 14.4 Å². The fraction of sp³-hybridized carbons (Fsp3) is 0.417. The zero-order valence-corrected chi connectivity index (χ0v) is 18.5. The van der Waals surface area contributed by atoms with Gasteiger partial charge < -0.3 is 9.64 Å².